The number of ether oxygens (including phenoxy) is 1. The van der Waals surface area contributed by atoms with Gasteiger partial charge in [0, 0.05) is 36.3 Å². The lowest BCUT2D eigenvalue weighted by molar-refractivity contribution is -0.131. The van der Waals surface area contributed by atoms with Gasteiger partial charge in [0.1, 0.15) is 11.4 Å². The van der Waals surface area contributed by atoms with E-state index in [0.29, 0.717) is 25.4 Å². The molecule has 0 fully saturated rings. The number of benzene rings is 1. The maximum absolute atomic E-state index is 14.2. The van der Waals surface area contributed by atoms with Gasteiger partial charge in [-0.1, -0.05) is 6.08 Å². The second-order valence-corrected chi connectivity index (χ2v) is 8.55. The van der Waals surface area contributed by atoms with Gasteiger partial charge in [0.05, 0.1) is 16.8 Å². The Morgan fingerprint density at radius 2 is 2.13 bits per heavy atom. The van der Waals surface area contributed by atoms with Gasteiger partial charge < -0.3 is 14.5 Å². The van der Waals surface area contributed by atoms with Crippen molar-refractivity contribution in [1.82, 2.24) is 14.8 Å². The number of hydrogen-bond donors (Lipinski definition) is 0. The summed E-state index contributed by atoms with van der Waals surface area (Å²) in [6.45, 7) is 1.65. The molecule has 0 atom stereocenters. The van der Waals surface area contributed by atoms with Crippen LogP contribution in [0.2, 0.25) is 0 Å². The van der Waals surface area contributed by atoms with Gasteiger partial charge >= 0.3 is 0 Å². The van der Waals surface area contributed by atoms with E-state index in [4.69, 9.17) is 4.74 Å². The van der Waals surface area contributed by atoms with Gasteiger partial charge in [0.15, 0.2) is 11.6 Å². The topological polar surface area (TPSA) is 75.1 Å². The number of carbonyl (C=O) groups is 1. The number of fused-ring (bicyclic) bond motifs is 1. The number of carbonyl (C=O) groups excluding carboxylic acids is 1. The Balaban J connectivity index is 1.56. The Hall–Kier alpha value is -3.17. The Morgan fingerprint density at radius 3 is 2.81 bits per heavy atom. The first-order valence-corrected chi connectivity index (χ1v) is 10.6. The molecule has 0 bridgehead atoms. The van der Waals surface area contributed by atoms with Crippen molar-refractivity contribution in [2.75, 3.05) is 33.7 Å². The number of thiophene rings is 1. The monoisotopic (exact) mass is 440 g/mol. The smallest absolute Gasteiger partial charge is 0.237 e. The lowest BCUT2D eigenvalue weighted by atomic mass is 10.1. The van der Waals surface area contributed by atoms with Crippen molar-refractivity contribution >= 4 is 38.7 Å². The van der Waals surface area contributed by atoms with E-state index in [1.54, 1.807) is 12.3 Å². The van der Waals surface area contributed by atoms with Gasteiger partial charge in [0.25, 0.3) is 0 Å². The van der Waals surface area contributed by atoms with Crippen LogP contribution in [0.15, 0.2) is 47.8 Å². The second kappa shape index (κ2) is 8.91. The highest BCUT2D eigenvalue weighted by molar-refractivity contribution is 7.20. The quantitative estimate of drug-likeness (QED) is 0.515. The summed E-state index contributed by atoms with van der Waals surface area (Å²) in [4.78, 5) is 32.0. The van der Waals surface area contributed by atoms with Gasteiger partial charge in [0.2, 0.25) is 5.91 Å². The van der Waals surface area contributed by atoms with Crippen LogP contribution in [0.3, 0.4) is 0 Å². The molecule has 1 aromatic carbocycles. The van der Waals surface area contributed by atoms with Crippen molar-refractivity contribution in [3.8, 4) is 11.5 Å². The molecule has 9 heteroatoms. The normalized spacial score (nSPS) is 14.1. The number of likely N-dealkylation sites (N-methyl/N-ethyl adjacent to an activating group) is 1. The molecule has 0 saturated heterocycles. The van der Waals surface area contributed by atoms with Gasteiger partial charge in [-0.05, 0) is 49.5 Å². The predicted octanol–water partition coefficient (Wildman–Crippen LogP) is 4.80. The Bertz CT molecular complexity index is 1170. The molecule has 2 aromatic heterocycles. The molecule has 7 nitrogen and oxygen atoms in total. The zero-order valence-corrected chi connectivity index (χ0v) is 18.0. The summed E-state index contributed by atoms with van der Waals surface area (Å²) >= 11 is 1.53. The maximum Gasteiger partial charge on any atom is 0.237 e. The molecule has 0 aliphatic carbocycles. The average Bonchev–Trinajstić information content (AvgIpc) is 3.20. The molecule has 0 saturated carbocycles. The first kappa shape index (κ1) is 21.1. The third kappa shape index (κ3) is 4.62. The summed E-state index contributed by atoms with van der Waals surface area (Å²) in [6, 6.07) is 7.50. The minimum Gasteiger partial charge on any atom is -0.453 e. The predicted molar refractivity (Wildman–Crippen MR) is 119 cm³/mol. The minimum atomic E-state index is -0.656. The summed E-state index contributed by atoms with van der Waals surface area (Å²) in [5.74, 6) is -0.0314. The lowest BCUT2D eigenvalue weighted by Crippen LogP contribution is -2.40. The first-order chi connectivity index (χ1) is 14.9. The summed E-state index contributed by atoms with van der Waals surface area (Å²) in [5.41, 5.74) is 1.93. The van der Waals surface area contributed by atoms with E-state index in [1.165, 1.54) is 23.5 Å². The van der Waals surface area contributed by atoms with E-state index in [0.717, 1.165) is 33.2 Å². The lowest BCUT2D eigenvalue weighted by Gasteiger charge is -2.27. The van der Waals surface area contributed by atoms with E-state index in [1.807, 2.05) is 30.0 Å². The van der Waals surface area contributed by atoms with Crippen molar-refractivity contribution in [2.45, 2.75) is 6.42 Å². The number of aromatic nitrogens is 1. The number of halogens is 1. The molecule has 0 N–H and O–H groups in total. The molecule has 1 aliphatic rings. The van der Waals surface area contributed by atoms with Gasteiger partial charge in [-0.3, -0.25) is 9.78 Å². The highest BCUT2D eigenvalue weighted by atomic mass is 32.1. The number of amides is 1. The van der Waals surface area contributed by atoms with Crippen LogP contribution in [0.5, 0.6) is 11.5 Å². The second-order valence-electron chi connectivity index (χ2n) is 7.50. The van der Waals surface area contributed by atoms with Crippen LogP contribution in [-0.4, -0.2) is 54.4 Å². The first-order valence-electron chi connectivity index (χ1n) is 9.76. The number of nitroso groups, excluding NO2 is 1. The molecule has 1 amide bonds. The van der Waals surface area contributed by atoms with Crippen LogP contribution in [0.4, 0.5) is 10.1 Å². The van der Waals surface area contributed by atoms with E-state index >= 15 is 0 Å². The molecule has 0 unspecified atom stereocenters. The molecule has 31 heavy (non-hydrogen) atoms. The molecule has 0 spiro atoms. The maximum atomic E-state index is 14.2. The average molecular weight is 441 g/mol. The van der Waals surface area contributed by atoms with Crippen molar-refractivity contribution in [1.29, 1.82) is 0 Å². The third-order valence-electron chi connectivity index (χ3n) is 4.95. The summed E-state index contributed by atoms with van der Waals surface area (Å²) < 4.78 is 20.8. The molecule has 160 valence electrons. The fraction of sp³-hybridized carbons (Fsp3) is 0.273. The number of nitrogens with zero attached hydrogens (tertiary/aromatic N) is 4. The van der Waals surface area contributed by atoms with Crippen molar-refractivity contribution < 1.29 is 13.9 Å². The summed E-state index contributed by atoms with van der Waals surface area (Å²) in [7, 11) is 3.76. The molecule has 4 rings (SSSR count). The van der Waals surface area contributed by atoms with Gasteiger partial charge in [-0.15, -0.1) is 16.2 Å². The Kier molecular flexibility index (Phi) is 6.06. The number of hydrogen-bond acceptors (Lipinski definition) is 7. The summed E-state index contributed by atoms with van der Waals surface area (Å²) in [6.07, 6.45) is 4.45. The number of rotatable bonds is 6. The van der Waals surface area contributed by atoms with Gasteiger partial charge in [-0.25, -0.2) is 4.39 Å². The van der Waals surface area contributed by atoms with Crippen molar-refractivity contribution in [2.24, 2.45) is 5.18 Å². The zero-order chi connectivity index (χ0) is 22.0. The molecular formula is C22H21FN4O3S. The zero-order valence-electron chi connectivity index (χ0n) is 17.2. The molecule has 3 aromatic rings. The van der Waals surface area contributed by atoms with Gasteiger partial charge in [-0.2, -0.15) is 0 Å². The van der Waals surface area contributed by atoms with Crippen LogP contribution in [-0.2, 0) is 4.79 Å². The molecule has 1 aliphatic heterocycles. The highest BCUT2D eigenvalue weighted by Gasteiger charge is 2.20. The fourth-order valence-electron chi connectivity index (χ4n) is 3.39. The Labute approximate surface area is 182 Å². The number of pyridine rings is 1. The fourth-order valence-corrected chi connectivity index (χ4v) is 4.52. The van der Waals surface area contributed by atoms with Crippen LogP contribution >= 0.6 is 11.3 Å². The largest absolute Gasteiger partial charge is 0.453 e. The van der Waals surface area contributed by atoms with Crippen LogP contribution in [0.1, 0.15) is 11.3 Å². The van der Waals surface area contributed by atoms with Crippen LogP contribution < -0.4 is 4.74 Å². The summed E-state index contributed by atoms with van der Waals surface area (Å²) in [5, 5.41) is 2.73. The molecule has 3 heterocycles. The Morgan fingerprint density at radius 1 is 1.29 bits per heavy atom. The van der Waals surface area contributed by atoms with E-state index in [9.17, 15) is 14.1 Å². The molecular weight excluding hydrogens is 419 g/mol. The minimum absolute atomic E-state index is 0.00507. The standard InChI is InChI=1S/C22H21FN4O3S/c1-26(2)13-21(28)27-9-6-14(7-10-27)20-12-17-22(31-20)19(5-8-24-17)30-18-4-3-15(25-29)11-16(18)23/h3-6,8,11-12H,7,9-10,13H2,1-2H3. The highest BCUT2D eigenvalue weighted by Crippen LogP contribution is 2.39. The third-order valence-corrected chi connectivity index (χ3v) is 6.16. The van der Waals surface area contributed by atoms with Crippen LogP contribution in [0, 0.1) is 10.7 Å². The van der Waals surface area contributed by atoms with Crippen molar-refractivity contribution in [3.63, 3.8) is 0 Å². The van der Waals surface area contributed by atoms with E-state index < -0.39 is 5.82 Å². The van der Waals surface area contributed by atoms with Crippen LogP contribution in [0.25, 0.3) is 15.8 Å². The van der Waals surface area contributed by atoms with E-state index in [2.05, 4.69) is 16.2 Å². The van der Waals surface area contributed by atoms with E-state index in [-0.39, 0.29) is 17.3 Å². The molecule has 0 radical (unpaired) electrons. The van der Waals surface area contributed by atoms with Crippen molar-refractivity contribution in [3.05, 3.63) is 58.2 Å². The SMILES string of the molecule is CN(C)CC(=O)N1CC=C(c2cc3nccc(Oc4ccc(N=O)cc4F)c3s2)CC1.